The number of nitrogens with zero attached hydrogens (tertiary/aromatic N) is 1. The molecule has 0 saturated heterocycles. The third-order valence-corrected chi connectivity index (χ3v) is 2.31. The predicted molar refractivity (Wildman–Crippen MR) is 57.7 cm³/mol. The minimum absolute atomic E-state index is 0.340. The fraction of sp³-hybridized carbons (Fsp3) is 0.100. The van der Waals surface area contributed by atoms with Gasteiger partial charge in [0.1, 0.15) is 11.6 Å². The topological polar surface area (TPSA) is 48.1 Å². The normalized spacial score (nSPS) is 10.4. The first kappa shape index (κ1) is 9.09. The molecule has 1 aromatic carbocycles. The molecular formula is C10H9ClN2O. The number of fused-ring (bicyclic) bond motifs is 1. The Morgan fingerprint density at radius 2 is 2.14 bits per heavy atom. The Labute approximate surface area is 86.5 Å². The molecule has 0 amide bonds. The van der Waals surface area contributed by atoms with Crippen LogP contribution in [0.15, 0.2) is 24.3 Å². The van der Waals surface area contributed by atoms with Gasteiger partial charge in [-0.05, 0) is 18.2 Å². The largest absolute Gasteiger partial charge is 0.497 e. The number of hydrogen-bond acceptors (Lipinski definition) is 3. The second-order valence-corrected chi connectivity index (χ2v) is 3.32. The van der Waals surface area contributed by atoms with Crippen molar-refractivity contribution >= 4 is 28.3 Å². The average Bonchev–Trinajstić information content (AvgIpc) is 2.19. The molecule has 1 aromatic heterocycles. The van der Waals surface area contributed by atoms with Crippen LogP contribution < -0.4 is 10.5 Å². The average molecular weight is 209 g/mol. The van der Waals surface area contributed by atoms with E-state index in [9.17, 15) is 0 Å². The fourth-order valence-corrected chi connectivity index (χ4v) is 1.42. The number of aromatic nitrogens is 1. The number of hydrogen-bond donors (Lipinski definition) is 1. The molecule has 0 aliphatic heterocycles. The Kier molecular flexibility index (Phi) is 2.17. The van der Waals surface area contributed by atoms with Gasteiger partial charge in [-0.15, -0.1) is 0 Å². The van der Waals surface area contributed by atoms with Gasteiger partial charge in [0.2, 0.25) is 0 Å². The van der Waals surface area contributed by atoms with E-state index in [1.165, 1.54) is 0 Å². The van der Waals surface area contributed by atoms with Crippen LogP contribution in [0, 0.1) is 0 Å². The van der Waals surface area contributed by atoms with Gasteiger partial charge in [-0.1, -0.05) is 11.6 Å². The third kappa shape index (κ3) is 1.46. The first-order valence-electron chi connectivity index (χ1n) is 4.10. The van der Waals surface area contributed by atoms with Crippen LogP contribution in [0.25, 0.3) is 10.9 Å². The van der Waals surface area contributed by atoms with E-state index >= 15 is 0 Å². The zero-order valence-corrected chi connectivity index (χ0v) is 8.38. The third-order valence-electron chi connectivity index (χ3n) is 2.01. The molecule has 72 valence electrons. The van der Waals surface area contributed by atoms with Crippen LogP contribution in [0.4, 0.5) is 5.82 Å². The highest BCUT2D eigenvalue weighted by atomic mass is 35.5. The zero-order valence-electron chi connectivity index (χ0n) is 7.62. The van der Waals surface area contributed by atoms with Gasteiger partial charge >= 0.3 is 0 Å². The number of nitrogens with two attached hydrogens (primary N) is 1. The molecule has 2 N–H and O–H groups in total. The van der Waals surface area contributed by atoms with Crippen LogP contribution >= 0.6 is 11.6 Å². The molecule has 0 bridgehead atoms. The quantitative estimate of drug-likeness (QED) is 0.783. The Morgan fingerprint density at radius 1 is 1.36 bits per heavy atom. The van der Waals surface area contributed by atoms with Crippen molar-refractivity contribution in [2.75, 3.05) is 12.8 Å². The van der Waals surface area contributed by atoms with Crippen LogP contribution in [-0.4, -0.2) is 12.1 Å². The lowest BCUT2D eigenvalue weighted by Crippen LogP contribution is -1.92. The molecule has 0 saturated carbocycles. The van der Waals surface area contributed by atoms with Gasteiger partial charge in [-0.2, -0.15) is 0 Å². The molecular weight excluding hydrogens is 200 g/mol. The molecule has 0 aliphatic carbocycles. The lowest BCUT2D eigenvalue weighted by Gasteiger charge is -2.03. The Bertz CT molecular complexity index is 485. The number of ether oxygens (including phenoxy) is 1. The highest BCUT2D eigenvalue weighted by Gasteiger charge is 2.02. The molecule has 14 heavy (non-hydrogen) atoms. The fourth-order valence-electron chi connectivity index (χ4n) is 1.26. The highest BCUT2D eigenvalue weighted by molar-refractivity contribution is 6.33. The van der Waals surface area contributed by atoms with Crippen molar-refractivity contribution < 1.29 is 4.74 Å². The summed E-state index contributed by atoms with van der Waals surface area (Å²) in [5, 5.41) is 1.42. The summed E-state index contributed by atoms with van der Waals surface area (Å²) >= 11 is 5.84. The smallest absolute Gasteiger partial charge is 0.142 e. The lowest BCUT2D eigenvalue weighted by atomic mass is 10.2. The number of benzene rings is 1. The number of pyridine rings is 1. The van der Waals surface area contributed by atoms with E-state index in [2.05, 4.69) is 4.98 Å². The maximum atomic E-state index is 5.84. The number of rotatable bonds is 1. The summed E-state index contributed by atoms with van der Waals surface area (Å²) in [6, 6.07) is 7.36. The summed E-state index contributed by atoms with van der Waals surface area (Å²) in [6.07, 6.45) is 0. The van der Waals surface area contributed by atoms with E-state index in [0.717, 1.165) is 16.7 Å². The highest BCUT2D eigenvalue weighted by Crippen LogP contribution is 2.25. The van der Waals surface area contributed by atoms with Crippen molar-refractivity contribution in [1.82, 2.24) is 4.98 Å². The van der Waals surface area contributed by atoms with Crippen molar-refractivity contribution in [3.63, 3.8) is 0 Å². The minimum Gasteiger partial charge on any atom is -0.497 e. The Balaban J connectivity index is 2.70. The summed E-state index contributed by atoms with van der Waals surface area (Å²) < 4.78 is 5.08. The summed E-state index contributed by atoms with van der Waals surface area (Å²) in [7, 11) is 1.61. The summed E-state index contributed by atoms with van der Waals surface area (Å²) in [5.74, 6) is 1.10. The standard InChI is InChI=1S/C10H9ClN2O/c1-14-7-3-2-6-4-8(11)10(12)13-9(6)5-7/h2-5H,1H3,(H2,12,13). The molecule has 0 radical (unpaired) electrons. The maximum absolute atomic E-state index is 5.84. The van der Waals surface area contributed by atoms with Gasteiger partial charge in [-0.25, -0.2) is 4.98 Å². The van der Waals surface area contributed by atoms with E-state index < -0.39 is 0 Å². The van der Waals surface area contributed by atoms with E-state index in [0.29, 0.717) is 10.8 Å². The lowest BCUT2D eigenvalue weighted by molar-refractivity contribution is 0.415. The molecule has 0 atom stereocenters. The number of anilines is 1. The van der Waals surface area contributed by atoms with Gasteiger partial charge in [0.05, 0.1) is 17.6 Å². The SMILES string of the molecule is COc1ccc2cc(Cl)c(N)nc2c1. The zero-order chi connectivity index (χ0) is 10.1. The van der Waals surface area contributed by atoms with Crippen LogP contribution in [0.3, 0.4) is 0 Å². The number of methoxy groups -OCH3 is 1. The van der Waals surface area contributed by atoms with E-state index in [1.807, 2.05) is 18.2 Å². The molecule has 3 nitrogen and oxygen atoms in total. The van der Waals surface area contributed by atoms with Crippen LogP contribution in [0.5, 0.6) is 5.75 Å². The van der Waals surface area contributed by atoms with Crippen molar-refractivity contribution in [3.05, 3.63) is 29.3 Å². The van der Waals surface area contributed by atoms with Crippen molar-refractivity contribution in [2.24, 2.45) is 0 Å². The predicted octanol–water partition coefficient (Wildman–Crippen LogP) is 2.48. The van der Waals surface area contributed by atoms with Crippen molar-refractivity contribution in [2.45, 2.75) is 0 Å². The van der Waals surface area contributed by atoms with Crippen molar-refractivity contribution in [3.8, 4) is 5.75 Å². The van der Waals surface area contributed by atoms with Gasteiger partial charge in [0.15, 0.2) is 0 Å². The molecule has 0 aliphatic rings. The van der Waals surface area contributed by atoms with Crippen LogP contribution in [0.2, 0.25) is 5.02 Å². The van der Waals surface area contributed by atoms with Gasteiger partial charge < -0.3 is 10.5 Å². The van der Waals surface area contributed by atoms with E-state index in [1.54, 1.807) is 13.2 Å². The molecule has 2 rings (SSSR count). The number of halogens is 1. The van der Waals surface area contributed by atoms with Gasteiger partial charge in [-0.3, -0.25) is 0 Å². The van der Waals surface area contributed by atoms with Crippen LogP contribution in [0.1, 0.15) is 0 Å². The number of nitrogen functional groups attached to an aromatic ring is 1. The molecule has 0 spiro atoms. The summed E-state index contributed by atoms with van der Waals surface area (Å²) in [6.45, 7) is 0. The molecule has 0 fully saturated rings. The molecule has 4 heteroatoms. The molecule has 0 unspecified atom stereocenters. The first-order valence-corrected chi connectivity index (χ1v) is 4.48. The molecule has 2 aromatic rings. The van der Waals surface area contributed by atoms with Gasteiger partial charge in [0, 0.05) is 11.5 Å². The van der Waals surface area contributed by atoms with E-state index in [-0.39, 0.29) is 0 Å². The molecule has 1 heterocycles. The van der Waals surface area contributed by atoms with Crippen LogP contribution in [-0.2, 0) is 0 Å². The van der Waals surface area contributed by atoms with Crippen molar-refractivity contribution in [1.29, 1.82) is 0 Å². The van der Waals surface area contributed by atoms with E-state index in [4.69, 9.17) is 22.1 Å². The second-order valence-electron chi connectivity index (χ2n) is 2.91. The Morgan fingerprint density at radius 3 is 2.86 bits per heavy atom. The summed E-state index contributed by atoms with van der Waals surface area (Å²) in [4.78, 5) is 4.15. The summed E-state index contributed by atoms with van der Waals surface area (Å²) in [5.41, 5.74) is 6.38. The maximum Gasteiger partial charge on any atom is 0.142 e. The monoisotopic (exact) mass is 208 g/mol. The first-order chi connectivity index (χ1) is 6.70. The van der Waals surface area contributed by atoms with Gasteiger partial charge in [0.25, 0.3) is 0 Å². The Hall–Kier alpha value is -1.48. The second kappa shape index (κ2) is 3.35. The minimum atomic E-state index is 0.340.